The highest BCUT2D eigenvalue weighted by Gasteiger charge is 2.44. The molecule has 2 fully saturated rings. The number of hydrogen-bond acceptors (Lipinski definition) is 4. The van der Waals surface area contributed by atoms with Crippen molar-refractivity contribution >= 4 is 11.8 Å². The van der Waals surface area contributed by atoms with Crippen LogP contribution in [0.4, 0.5) is 4.39 Å². The molecule has 0 unspecified atom stereocenters. The summed E-state index contributed by atoms with van der Waals surface area (Å²) in [7, 11) is 0. The molecule has 2 aliphatic rings. The van der Waals surface area contributed by atoms with Gasteiger partial charge in [0, 0.05) is 25.3 Å². The summed E-state index contributed by atoms with van der Waals surface area (Å²) in [5.41, 5.74) is 0.520. The van der Waals surface area contributed by atoms with Crippen LogP contribution in [0.25, 0.3) is 0 Å². The number of halogens is 1. The van der Waals surface area contributed by atoms with Gasteiger partial charge in [-0.05, 0) is 12.1 Å². The lowest BCUT2D eigenvalue weighted by Gasteiger charge is -2.35. The Morgan fingerprint density at radius 3 is 3.00 bits per heavy atom. The minimum absolute atomic E-state index is 0.0382. The van der Waals surface area contributed by atoms with Crippen molar-refractivity contribution in [2.24, 2.45) is 0 Å². The first-order valence-electron chi connectivity index (χ1n) is 7.48. The van der Waals surface area contributed by atoms with Gasteiger partial charge >= 0.3 is 0 Å². The van der Waals surface area contributed by atoms with E-state index in [0.29, 0.717) is 25.3 Å². The van der Waals surface area contributed by atoms with Crippen molar-refractivity contribution in [1.29, 1.82) is 0 Å². The van der Waals surface area contributed by atoms with Crippen molar-refractivity contribution in [1.82, 2.24) is 14.8 Å². The zero-order valence-electron chi connectivity index (χ0n) is 12.7. The SMILES string of the molecule is C=CCN1C(=O)CO[C@@H]2CN(C(=O)Cc3ccc(F)cn3)C[C@H]21. The predicted octanol–water partition coefficient (Wildman–Crippen LogP) is 0.387. The standard InChI is InChI=1S/C16H18FN3O3/c1-2-5-20-13-8-19(9-14(13)23-10-16(20)22)15(21)6-12-4-3-11(17)7-18-12/h2-4,7,13-14H,1,5-6,8-10H2/t13-,14-/m1/s1. The molecule has 3 heterocycles. The fourth-order valence-electron chi connectivity index (χ4n) is 3.02. The number of morpholine rings is 1. The highest BCUT2D eigenvalue weighted by molar-refractivity contribution is 5.81. The molecule has 0 saturated carbocycles. The van der Waals surface area contributed by atoms with E-state index in [-0.39, 0.29) is 37.0 Å². The molecule has 1 aromatic rings. The zero-order chi connectivity index (χ0) is 16.4. The van der Waals surface area contributed by atoms with Crippen LogP contribution in [0.1, 0.15) is 5.69 Å². The van der Waals surface area contributed by atoms with E-state index >= 15 is 0 Å². The number of carbonyl (C=O) groups is 2. The fraction of sp³-hybridized carbons (Fsp3) is 0.438. The Morgan fingerprint density at radius 2 is 2.30 bits per heavy atom. The van der Waals surface area contributed by atoms with Crippen molar-refractivity contribution in [2.45, 2.75) is 18.6 Å². The summed E-state index contributed by atoms with van der Waals surface area (Å²) in [6, 6.07) is 2.65. The lowest BCUT2D eigenvalue weighted by Crippen LogP contribution is -2.53. The molecular weight excluding hydrogens is 301 g/mol. The zero-order valence-corrected chi connectivity index (χ0v) is 12.7. The van der Waals surface area contributed by atoms with Crippen LogP contribution in [0.5, 0.6) is 0 Å². The van der Waals surface area contributed by atoms with Crippen LogP contribution in [-0.4, -0.2) is 65.0 Å². The molecule has 0 spiro atoms. The van der Waals surface area contributed by atoms with E-state index in [0.717, 1.165) is 6.20 Å². The summed E-state index contributed by atoms with van der Waals surface area (Å²) in [6.45, 7) is 5.04. The molecule has 23 heavy (non-hydrogen) atoms. The Balaban J connectivity index is 1.66. The lowest BCUT2D eigenvalue weighted by atomic mass is 10.1. The average Bonchev–Trinajstić information content (AvgIpc) is 2.97. The van der Waals surface area contributed by atoms with Gasteiger partial charge in [0.05, 0.1) is 24.8 Å². The molecule has 0 bridgehead atoms. The molecule has 6 nitrogen and oxygen atoms in total. The summed E-state index contributed by atoms with van der Waals surface area (Å²) in [5, 5.41) is 0. The van der Waals surface area contributed by atoms with Gasteiger partial charge in [-0.3, -0.25) is 14.6 Å². The molecule has 0 N–H and O–H groups in total. The Kier molecular flexibility index (Phi) is 4.38. The van der Waals surface area contributed by atoms with Gasteiger partial charge in [0.1, 0.15) is 12.4 Å². The van der Waals surface area contributed by atoms with E-state index in [1.807, 2.05) is 0 Å². The first-order valence-corrected chi connectivity index (χ1v) is 7.48. The number of pyridine rings is 1. The number of amides is 2. The summed E-state index contributed by atoms with van der Waals surface area (Å²) >= 11 is 0. The predicted molar refractivity (Wildman–Crippen MR) is 79.9 cm³/mol. The Labute approximate surface area is 133 Å². The first kappa shape index (κ1) is 15.6. The highest BCUT2D eigenvalue weighted by Crippen LogP contribution is 2.24. The van der Waals surface area contributed by atoms with Crippen LogP contribution in [-0.2, 0) is 20.7 Å². The van der Waals surface area contributed by atoms with Gasteiger partial charge in [-0.1, -0.05) is 6.08 Å². The van der Waals surface area contributed by atoms with Crippen molar-refractivity contribution < 1.29 is 18.7 Å². The maximum atomic E-state index is 12.9. The lowest BCUT2D eigenvalue weighted by molar-refractivity contribution is -0.151. The summed E-state index contributed by atoms with van der Waals surface area (Å²) < 4.78 is 18.4. The summed E-state index contributed by atoms with van der Waals surface area (Å²) in [5.74, 6) is -0.617. The highest BCUT2D eigenvalue weighted by atomic mass is 19.1. The number of rotatable bonds is 4. The second kappa shape index (κ2) is 6.45. The van der Waals surface area contributed by atoms with Crippen LogP contribution in [0.3, 0.4) is 0 Å². The third kappa shape index (κ3) is 3.24. The summed E-state index contributed by atoms with van der Waals surface area (Å²) in [4.78, 5) is 31.6. The van der Waals surface area contributed by atoms with Crippen molar-refractivity contribution in [3.8, 4) is 0 Å². The number of ether oxygens (including phenoxy) is 1. The molecule has 2 amide bonds. The maximum absolute atomic E-state index is 12.9. The molecule has 1 aromatic heterocycles. The number of aromatic nitrogens is 1. The Morgan fingerprint density at radius 1 is 1.48 bits per heavy atom. The third-order valence-electron chi connectivity index (χ3n) is 4.18. The monoisotopic (exact) mass is 319 g/mol. The van der Waals surface area contributed by atoms with Gasteiger partial charge in [-0.15, -0.1) is 6.58 Å². The van der Waals surface area contributed by atoms with E-state index in [4.69, 9.17) is 4.74 Å². The van der Waals surface area contributed by atoms with Crippen molar-refractivity contribution in [2.75, 3.05) is 26.2 Å². The molecule has 7 heteroatoms. The van der Waals surface area contributed by atoms with Crippen LogP contribution in [0.15, 0.2) is 31.0 Å². The molecule has 2 atom stereocenters. The van der Waals surface area contributed by atoms with Gasteiger partial charge in [0.2, 0.25) is 11.8 Å². The number of carbonyl (C=O) groups excluding carboxylic acids is 2. The normalized spacial score (nSPS) is 23.8. The fourth-order valence-corrected chi connectivity index (χ4v) is 3.02. The smallest absolute Gasteiger partial charge is 0.249 e. The Bertz CT molecular complexity index is 620. The number of nitrogens with zero attached hydrogens (tertiary/aromatic N) is 3. The largest absolute Gasteiger partial charge is 0.364 e. The first-order chi connectivity index (χ1) is 11.1. The third-order valence-corrected chi connectivity index (χ3v) is 4.18. The number of hydrogen-bond donors (Lipinski definition) is 0. The van der Waals surface area contributed by atoms with E-state index < -0.39 is 5.82 Å². The molecular formula is C16H18FN3O3. The Hall–Kier alpha value is -2.28. The minimum atomic E-state index is -0.430. The minimum Gasteiger partial charge on any atom is -0.364 e. The van der Waals surface area contributed by atoms with Crippen molar-refractivity contribution in [3.05, 3.63) is 42.5 Å². The second-order valence-electron chi connectivity index (χ2n) is 5.69. The molecule has 122 valence electrons. The van der Waals surface area contributed by atoms with E-state index in [2.05, 4.69) is 11.6 Å². The quantitative estimate of drug-likeness (QED) is 0.753. The molecule has 3 rings (SSSR count). The van der Waals surface area contributed by atoms with Crippen LogP contribution < -0.4 is 0 Å². The van der Waals surface area contributed by atoms with Gasteiger partial charge in [-0.25, -0.2) is 4.39 Å². The van der Waals surface area contributed by atoms with E-state index in [1.165, 1.54) is 12.1 Å². The number of likely N-dealkylation sites (tertiary alicyclic amines) is 1. The van der Waals surface area contributed by atoms with Gasteiger partial charge in [0.15, 0.2) is 0 Å². The molecule has 0 radical (unpaired) electrons. The van der Waals surface area contributed by atoms with E-state index in [1.54, 1.807) is 15.9 Å². The molecule has 0 aromatic carbocycles. The van der Waals surface area contributed by atoms with Crippen LogP contribution in [0.2, 0.25) is 0 Å². The second-order valence-corrected chi connectivity index (χ2v) is 5.69. The average molecular weight is 319 g/mol. The maximum Gasteiger partial charge on any atom is 0.249 e. The summed E-state index contributed by atoms with van der Waals surface area (Å²) in [6.07, 6.45) is 2.71. The topological polar surface area (TPSA) is 62.7 Å². The molecule has 2 saturated heterocycles. The van der Waals surface area contributed by atoms with Crippen molar-refractivity contribution in [3.63, 3.8) is 0 Å². The molecule has 2 aliphatic heterocycles. The number of fused-ring (bicyclic) bond motifs is 1. The molecule has 0 aliphatic carbocycles. The van der Waals surface area contributed by atoms with E-state index in [9.17, 15) is 14.0 Å². The van der Waals surface area contributed by atoms with Gasteiger partial charge in [-0.2, -0.15) is 0 Å². The van der Waals surface area contributed by atoms with Gasteiger partial charge < -0.3 is 14.5 Å². The van der Waals surface area contributed by atoms with Crippen LogP contribution in [0, 0.1) is 5.82 Å². The van der Waals surface area contributed by atoms with Crippen LogP contribution >= 0.6 is 0 Å². The van der Waals surface area contributed by atoms with Gasteiger partial charge in [0.25, 0.3) is 0 Å².